The van der Waals surface area contributed by atoms with Gasteiger partial charge in [-0.15, -0.1) is 0 Å². The van der Waals surface area contributed by atoms with Crippen molar-refractivity contribution >= 4 is 44.8 Å². The molecule has 0 aromatic heterocycles. The molecule has 0 saturated carbocycles. The van der Waals surface area contributed by atoms with Gasteiger partial charge in [0.05, 0.1) is 17.8 Å². The minimum Gasteiger partial charge on any atom is -0.506 e. The molecule has 2 rings (SSSR count). The van der Waals surface area contributed by atoms with Gasteiger partial charge in [-0.25, -0.2) is 0 Å². The summed E-state index contributed by atoms with van der Waals surface area (Å²) < 4.78 is 6.07. The summed E-state index contributed by atoms with van der Waals surface area (Å²) in [6.45, 7) is 0.387. The summed E-state index contributed by atoms with van der Waals surface area (Å²) in [5.74, 6) is 0.770. The van der Waals surface area contributed by atoms with E-state index >= 15 is 0 Å². The fourth-order valence-corrected chi connectivity index (χ4v) is 2.63. The highest BCUT2D eigenvalue weighted by atomic mass is 79.9. The van der Waals surface area contributed by atoms with Gasteiger partial charge in [0.15, 0.2) is 0 Å². The van der Waals surface area contributed by atoms with Crippen LogP contribution in [-0.4, -0.2) is 12.2 Å². The van der Waals surface area contributed by atoms with Crippen LogP contribution >= 0.6 is 39.1 Å². The third kappa shape index (κ3) is 3.51. The fraction of sp³-hybridized carbons (Fsp3) is 0.143. The molecule has 0 atom stereocenters. The Kier molecular flexibility index (Phi) is 5.02. The summed E-state index contributed by atoms with van der Waals surface area (Å²) in [4.78, 5) is 0. The van der Waals surface area contributed by atoms with E-state index in [0.717, 1.165) is 15.9 Å². The maximum absolute atomic E-state index is 9.90. The monoisotopic (exact) mass is 375 g/mol. The Hall–Kier alpha value is -1.10. The Morgan fingerprint density at radius 2 is 2.00 bits per heavy atom. The van der Waals surface area contributed by atoms with E-state index in [2.05, 4.69) is 21.2 Å². The third-order valence-corrected chi connectivity index (χ3v) is 3.95. The van der Waals surface area contributed by atoms with E-state index in [4.69, 9.17) is 27.9 Å². The van der Waals surface area contributed by atoms with Crippen LogP contribution in [0.2, 0.25) is 10.0 Å². The van der Waals surface area contributed by atoms with E-state index in [-0.39, 0.29) is 10.8 Å². The molecular formula is C14H12BrCl2NO2. The molecule has 0 aliphatic heterocycles. The largest absolute Gasteiger partial charge is 0.506 e. The van der Waals surface area contributed by atoms with Crippen LogP contribution < -0.4 is 10.1 Å². The van der Waals surface area contributed by atoms with E-state index in [1.54, 1.807) is 13.2 Å². The van der Waals surface area contributed by atoms with Crippen molar-refractivity contribution in [3.8, 4) is 11.5 Å². The number of hydrogen-bond donors (Lipinski definition) is 2. The molecule has 6 heteroatoms. The molecule has 0 fully saturated rings. The van der Waals surface area contributed by atoms with Crippen LogP contribution in [-0.2, 0) is 6.54 Å². The van der Waals surface area contributed by atoms with Crippen LogP contribution in [0, 0.1) is 0 Å². The first-order chi connectivity index (χ1) is 9.51. The Morgan fingerprint density at radius 1 is 1.25 bits per heavy atom. The molecule has 0 radical (unpaired) electrons. The molecule has 0 heterocycles. The van der Waals surface area contributed by atoms with Gasteiger partial charge in [0, 0.05) is 27.7 Å². The van der Waals surface area contributed by atoms with Gasteiger partial charge in [-0.3, -0.25) is 0 Å². The van der Waals surface area contributed by atoms with Gasteiger partial charge in [0.1, 0.15) is 11.5 Å². The standard InChI is InChI=1S/C14H12BrCl2NO2/c1-20-10-2-3-11(15)13(6-10)18-7-8-4-9(16)5-12(17)14(8)19/h2-6,18-19H,7H2,1H3. The second kappa shape index (κ2) is 6.57. The number of phenols is 1. The number of anilines is 1. The topological polar surface area (TPSA) is 41.5 Å². The molecule has 0 amide bonds. The van der Waals surface area contributed by atoms with Gasteiger partial charge in [-0.1, -0.05) is 23.2 Å². The smallest absolute Gasteiger partial charge is 0.139 e. The lowest BCUT2D eigenvalue weighted by Crippen LogP contribution is -2.01. The first-order valence-electron chi connectivity index (χ1n) is 5.75. The lowest BCUT2D eigenvalue weighted by atomic mass is 10.2. The van der Waals surface area contributed by atoms with Crippen LogP contribution in [0.5, 0.6) is 11.5 Å². The van der Waals surface area contributed by atoms with E-state index in [0.29, 0.717) is 17.1 Å². The van der Waals surface area contributed by atoms with Crippen LogP contribution in [0.15, 0.2) is 34.8 Å². The van der Waals surface area contributed by atoms with Gasteiger partial charge in [0.2, 0.25) is 0 Å². The molecule has 2 aromatic carbocycles. The first kappa shape index (κ1) is 15.3. The van der Waals surface area contributed by atoms with E-state index in [1.807, 2.05) is 18.2 Å². The van der Waals surface area contributed by atoms with E-state index in [1.165, 1.54) is 6.07 Å². The number of benzene rings is 2. The first-order valence-corrected chi connectivity index (χ1v) is 7.30. The van der Waals surface area contributed by atoms with Crippen molar-refractivity contribution in [1.29, 1.82) is 0 Å². The number of ether oxygens (including phenoxy) is 1. The predicted molar refractivity (Wildman–Crippen MR) is 86.1 cm³/mol. The van der Waals surface area contributed by atoms with Crippen molar-refractivity contribution in [2.45, 2.75) is 6.54 Å². The molecule has 20 heavy (non-hydrogen) atoms. The zero-order valence-electron chi connectivity index (χ0n) is 10.6. The molecule has 0 unspecified atom stereocenters. The molecular weight excluding hydrogens is 365 g/mol. The van der Waals surface area contributed by atoms with Crippen molar-refractivity contribution in [2.24, 2.45) is 0 Å². The normalized spacial score (nSPS) is 10.4. The van der Waals surface area contributed by atoms with E-state index in [9.17, 15) is 5.11 Å². The molecule has 2 N–H and O–H groups in total. The maximum atomic E-state index is 9.90. The third-order valence-electron chi connectivity index (χ3n) is 2.75. The molecule has 3 nitrogen and oxygen atoms in total. The zero-order valence-corrected chi connectivity index (χ0v) is 13.7. The zero-order chi connectivity index (χ0) is 14.7. The maximum Gasteiger partial charge on any atom is 0.139 e. The quantitative estimate of drug-likeness (QED) is 0.781. The van der Waals surface area contributed by atoms with Crippen molar-refractivity contribution in [3.63, 3.8) is 0 Å². The summed E-state index contributed by atoms with van der Waals surface area (Å²) in [5, 5.41) is 13.8. The molecule has 0 saturated heterocycles. The summed E-state index contributed by atoms with van der Waals surface area (Å²) in [6.07, 6.45) is 0. The van der Waals surface area contributed by atoms with Crippen molar-refractivity contribution in [3.05, 3.63) is 50.4 Å². The average Bonchev–Trinajstić information content (AvgIpc) is 2.42. The van der Waals surface area contributed by atoms with Gasteiger partial charge in [-0.05, 0) is 40.2 Å². The van der Waals surface area contributed by atoms with Gasteiger partial charge in [-0.2, -0.15) is 0 Å². The highest BCUT2D eigenvalue weighted by molar-refractivity contribution is 9.10. The van der Waals surface area contributed by atoms with Crippen LogP contribution in [0.25, 0.3) is 0 Å². The number of phenolic OH excluding ortho intramolecular Hbond substituents is 1. The Bertz CT molecular complexity index is 635. The van der Waals surface area contributed by atoms with Crippen LogP contribution in [0.3, 0.4) is 0 Å². The minimum atomic E-state index is 0.0302. The van der Waals surface area contributed by atoms with Gasteiger partial charge >= 0.3 is 0 Å². The lowest BCUT2D eigenvalue weighted by Gasteiger charge is -2.12. The van der Waals surface area contributed by atoms with Crippen molar-refractivity contribution in [1.82, 2.24) is 0 Å². The second-order valence-corrected chi connectivity index (χ2v) is 5.79. The van der Waals surface area contributed by atoms with Crippen molar-refractivity contribution in [2.75, 3.05) is 12.4 Å². The number of aromatic hydroxyl groups is 1. The van der Waals surface area contributed by atoms with Gasteiger partial charge in [0.25, 0.3) is 0 Å². The summed E-state index contributed by atoms with van der Waals surface area (Å²) in [6, 6.07) is 8.76. The van der Waals surface area contributed by atoms with Crippen molar-refractivity contribution < 1.29 is 9.84 Å². The van der Waals surface area contributed by atoms with Crippen LogP contribution in [0.4, 0.5) is 5.69 Å². The summed E-state index contributed by atoms with van der Waals surface area (Å²) in [5.41, 5.74) is 1.47. The number of rotatable bonds is 4. The Morgan fingerprint density at radius 3 is 2.70 bits per heavy atom. The molecule has 0 aliphatic carbocycles. The fourth-order valence-electron chi connectivity index (χ4n) is 1.71. The predicted octanol–water partition coefficient (Wildman–Crippen LogP) is 5.08. The molecule has 106 valence electrons. The molecule has 2 aromatic rings. The molecule has 0 aliphatic rings. The molecule has 0 bridgehead atoms. The number of hydrogen-bond acceptors (Lipinski definition) is 3. The SMILES string of the molecule is COc1ccc(Br)c(NCc2cc(Cl)cc(Cl)c2O)c1. The average molecular weight is 377 g/mol. The number of halogens is 3. The number of nitrogens with one attached hydrogen (secondary N) is 1. The summed E-state index contributed by atoms with van der Waals surface area (Å²) >= 11 is 15.3. The number of methoxy groups -OCH3 is 1. The lowest BCUT2D eigenvalue weighted by molar-refractivity contribution is 0.415. The molecule has 0 spiro atoms. The highest BCUT2D eigenvalue weighted by Gasteiger charge is 2.09. The second-order valence-electron chi connectivity index (χ2n) is 4.09. The minimum absolute atomic E-state index is 0.0302. The Labute approximate surface area is 135 Å². The van der Waals surface area contributed by atoms with Crippen LogP contribution in [0.1, 0.15) is 5.56 Å². The highest BCUT2D eigenvalue weighted by Crippen LogP contribution is 2.33. The summed E-state index contributed by atoms with van der Waals surface area (Å²) in [7, 11) is 1.61. The van der Waals surface area contributed by atoms with Gasteiger partial charge < -0.3 is 15.2 Å². The Balaban J connectivity index is 2.21. The van der Waals surface area contributed by atoms with E-state index < -0.39 is 0 Å².